The molecule has 0 atom stereocenters. The molecule has 3 aromatic heterocycles. The lowest BCUT2D eigenvalue weighted by molar-refractivity contribution is -0.138. The fourth-order valence-electron chi connectivity index (χ4n) is 3.29. The molecule has 0 fully saturated rings. The van der Waals surface area contributed by atoms with Crippen molar-refractivity contribution in [3.63, 3.8) is 0 Å². The van der Waals surface area contributed by atoms with Gasteiger partial charge in [-0.2, -0.15) is 13.2 Å². The number of benzene rings is 1. The SMILES string of the molecule is CCCCCOc1ccc(Nc2nc(-c3cc4cccnc4[nH]c3=O)cs2)cc1C(F)(F)F. The molecule has 0 radical (unpaired) electrons. The van der Waals surface area contributed by atoms with Crippen molar-refractivity contribution in [2.75, 3.05) is 11.9 Å². The number of ether oxygens (including phenoxy) is 1. The van der Waals surface area contributed by atoms with Crippen LogP contribution in [0.4, 0.5) is 24.0 Å². The number of unbranched alkanes of at least 4 members (excludes halogenated alkanes) is 2. The van der Waals surface area contributed by atoms with E-state index in [4.69, 9.17) is 4.74 Å². The smallest absolute Gasteiger partial charge is 0.420 e. The Morgan fingerprint density at radius 2 is 2.03 bits per heavy atom. The van der Waals surface area contributed by atoms with Crippen LogP contribution in [0.2, 0.25) is 0 Å². The van der Waals surface area contributed by atoms with E-state index in [1.807, 2.05) is 13.0 Å². The van der Waals surface area contributed by atoms with Crippen LogP contribution in [0.25, 0.3) is 22.3 Å². The Hall–Kier alpha value is -3.40. The third kappa shape index (κ3) is 5.33. The first kappa shape index (κ1) is 22.8. The van der Waals surface area contributed by atoms with E-state index in [0.29, 0.717) is 28.5 Å². The maximum atomic E-state index is 13.6. The summed E-state index contributed by atoms with van der Waals surface area (Å²) < 4.78 is 46.1. The highest BCUT2D eigenvalue weighted by Gasteiger charge is 2.34. The minimum Gasteiger partial charge on any atom is -0.493 e. The van der Waals surface area contributed by atoms with Gasteiger partial charge in [0.2, 0.25) is 0 Å². The van der Waals surface area contributed by atoms with E-state index in [9.17, 15) is 18.0 Å². The molecule has 0 saturated carbocycles. The van der Waals surface area contributed by atoms with Gasteiger partial charge < -0.3 is 15.0 Å². The molecule has 2 N–H and O–H groups in total. The number of pyridine rings is 2. The lowest BCUT2D eigenvalue weighted by Gasteiger charge is -2.15. The van der Waals surface area contributed by atoms with E-state index in [1.54, 1.807) is 23.7 Å². The highest BCUT2D eigenvalue weighted by Crippen LogP contribution is 2.39. The lowest BCUT2D eigenvalue weighted by atomic mass is 10.1. The second-order valence-electron chi connectivity index (χ2n) is 7.38. The molecule has 4 aromatic rings. The topological polar surface area (TPSA) is 79.9 Å². The number of H-pyrrole nitrogens is 1. The molecule has 172 valence electrons. The van der Waals surface area contributed by atoms with Crippen LogP contribution in [-0.2, 0) is 6.18 Å². The van der Waals surface area contributed by atoms with Crippen LogP contribution in [0.3, 0.4) is 0 Å². The van der Waals surface area contributed by atoms with Gasteiger partial charge in [-0.25, -0.2) is 9.97 Å². The maximum Gasteiger partial charge on any atom is 0.420 e. The predicted octanol–water partition coefficient (Wildman–Crippen LogP) is 6.38. The lowest BCUT2D eigenvalue weighted by Crippen LogP contribution is -2.10. The summed E-state index contributed by atoms with van der Waals surface area (Å²) in [4.78, 5) is 23.6. The number of hydrogen-bond acceptors (Lipinski definition) is 6. The summed E-state index contributed by atoms with van der Waals surface area (Å²) >= 11 is 1.19. The van der Waals surface area contributed by atoms with Crippen molar-refractivity contribution in [2.24, 2.45) is 0 Å². The summed E-state index contributed by atoms with van der Waals surface area (Å²) in [7, 11) is 0. The zero-order valence-corrected chi connectivity index (χ0v) is 18.5. The number of aromatic nitrogens is 3. The number of halogens is 3. The summed E-state index contributed by atoms with van der Waals surface area (Å²) in [5, 5.41) is 5.68. The summed E-state index contributed by atoms with van der Waals surface area (Å²) in [6.07, 6.45) is -0.433. The van der Waals surface area contributed by atoms with Crippen molar-refractivity contribution in [2.45, 2.75) is 32.4 Å². The molecule has 0 bridgehead atoms. The first-order valence-electron chi connectivity index (χ1n) is 10.4. The van der Waals surface area contributed by atoms with Crippen LogP contribution in [0, 0.1) is 0 Å². The van der Waals surface area contributed by atoms with Crippen molar-refractivity contribution >= 4 is 33.2 Å². The zero-order valence-electron chi connectivity index (χ0n) is 17.7. The summed E-state index contributed by atoms with van der Waals surface area (Å²) in [6, 6.07) is 9.09. The Labute approximate surface area is 191 Å². The average molecular weight is 475 g/mol. The molecule has 0 spiro atoms. The van der Waals surface area contributed by atoms with E-state index >= 15 is 0 Å². The van der Waals surface area contributed by atoms with Gasteiger partial charge in [0.05, 0.1) is 23.4 Å². The fraction of sp³-hybridized carbons (Fsp3) is 0.261. The van der Waals surface area contributed by atoms with Crippen LogP contribution < -0.4 is 15.6 Å². The van der Waals surface area contributed by atoms with Gasteiger partial charge in [0.15, 0.2) is 5.13 Å². The van der Waals surface area contributed by atoms with Crippen LogP contribution in [0.5, 0.6) is 5.75 Å². The highest BCUT2D eigenvalue weighted by molar-refractivity contribution is 7.14. The van der Waals surface area contributed by atoms with Gasteiger partial charge in [0.25, 0.3) is 5.56 Å². The monoisotopic (exact) mass is 474 g/mol. The molecule has 4 rings (SSSR count). The van der Waals surface area contributed by atoms with Gasteiger partial charge in [-0.15, -0.1) is 11.3 Å². The quantitative estimate of drug-likeness (QED) is 0.290. The van der Waals surface area contributed by atoms with Gasteiger partial charge in [-0.3, -0.25) is 4.79 Å². The standard InChI is InChI=1S/C23H21F3N4O2S/c1-2-3-4-10-32-19-8-7-15(12-17(19)23(24,25)26)28-22-29-18(13-33-22)16-11-14-6-5-9-27-20(14)30-21(16)31/h5-9,11-13H,2-4,10H2,1H3,(H,28,29)(H,27,30,31). The number of nitrogens with one attached hydrogen (secondary N) is 2. The number of nitrogens with zero attached hydrogens (tertiary/aromatic N) is 2. The Kier molecular flexibility index (Phi) is 6.64. The number of aromatic amines is 1. The van der Waals surface area contributed by atoms with Crippen LogP contribution >= 0.6 is 11.3 Å². The molecular formula is C23H21F3N4O2S. The Morgan fingerprint density at radius 3 is 2.82 bits per heavy atom. The van der Waals surface area contributed by atoms with Crippen LogP contribution in [0.15, 0.2) is 52.8 Å². The Balaban J connectivity index is 1.56. The zero-order chi connectivity index (χ0) is 23.4. The molecule has 6 nitrogen and oxygen atoms in total. The van der Waals surface area contributed by atoms with Crippen molar-refractivity contribution in [1.82, 2.24) is 15.0 Å². The first-order chi connectivity index (χ1) is 15.8. The number of rotatable bonds is 8. The largest absolute Gasteiger partial charge is 0.493 e. The first-order valence-corrected chi connectivity index (χ1v) is 11.3. The number of alkyl halides is 3. The van der Waals surface area contributed by atoms with E-state index in [0.717, 1.165) is 24.3 Å². The van der Waals surface area contributed by atoms with Crippen molar-refractivity contribution < 1.29 is 17.9 Å². The molecule has 0 aliphatic rings. The molecular weight excluding hydrogens is 453 g/mol. The summed E-state index contributed by atoms with van der Waals surface area (Å²) in [5.74, 6) is -0.194. The van der Waals surface area contributed by atoms with Gasteiger partial charge in [0, 0.05) is 22.7 Å². The van der Waals surface area contributed by atoms with Crippen molar-refractivity contribution in [3.05, 3.63) is 63.9 Å². The van der Waals surface area contributed by atoms with Crippen molar-refractivity contribution in [3.8, 4) is 17.0 Å². The highest BCUT2D eigenvalue weighted by atomic mass is 32.1. The van der Waals surface area contributed by atoms with Crippen molar-refractivity contribution in [1.29, 1.82) is 0 Å². The predicted molar refractivity (Wildman–Crippen MR) is 123 cm³/mol. The van der Waals surface area contributed by atoms with Crippen LogP contribution in [0.1, 0.15) is 31.7 Å². The van der Waals surface area contributed by atoms with Gasteiger partial charge >= 0.3 is 6.18 Å². The molecule has 1 aromatic carbocycles. The normalized spacial score (nSPS) is 11.6. The van der Waals surface area contributed by atoms with E-state index in [-0.39, 0.29) is 23.6 Å². The molecule has 0 aliphatic carbocycles. The Bertz CT molecular complexity index is 1320. The number of thiazole rings is 1. The van der Waals surface area contributed by atoms with Crippen LogP contribution in [-0.4, -0.2) is 21.6 Å². The molecule has 10 heteroatoms. The number of hydrogen-bond donors (Lipinski definition) is 2. The van der Waals surface area contributed by atoms with Gasteiger partial charge in [-0.1, -0.05) is 19.8 Å². The number of fused-ring (bicyclic) bond motifs is 1. The second-order valence-corrected chi connectivity index (χ2v) is 8.24. The van der Waals surface area contributed by atoms with E-state index < -0.39 is 11.7 Å². The third-order valence-corrected chi connectivity index (χ3v) is 5.69. The average Bonchev–Trinajstić information content (AvgIpc) is 3.24. The summed E-state index contributed by atoms with van der Waals surface area (Å²) in [5.41, 5.74) is 0.270. The van der Waals surface area contributed by atoms with E-state index in [2.05, 4.69) is 20.3 Å². The Morgan fingerprint density at radius 1 is 1.18 bits per heavy atom. The molecule has 3 heterocycles. The van der Waals surface area contributed by atoms with Gasteiger partial charge in [0.1, 0.15) is 11.4 Å². The minimum atomic E-state index is -4.56. The third-order valence-electron chi connectivity index (χ3n) is 4.94. The molecule has 0 amide bonds. The van der Waals surface area contributed by atoms with E-state index in [1.165, 1.54) is 23.5 Å². The molecule has 0 saturated heterocycles. The molecule has 33 heavy (non-hydrogen) atoms. The minimum absolute atomic E-state index is 0.194. The fourth-order valence-corrected chi connectivity index (χ4v) is 4.02. The maximum absolute atomic E-state index is 13.6. The number of anilines is 2. The second kappa shape index (κ2) is 9.62. The van der Waals surface area contributed by atoms with Gasteiger partial charge in [-0.05, 0) is 42.8 Å². The molecule has 0 unspecified atom stereocenters. The molecule has 0 aliphatic heterocycles. The summed E-state index contributed by atoms with van der Waals surface area (Å²) in [6.45, 7) is 2.24.